The molecular weight excluding hydrogens is 296 g/mol. The summed E-state index contributed by atoms with van der Waals surface area (Å²) < 4.78 is 22.2. The molecule has 1 heterocycles. The Morgan fingerprint density at radius 1 is 1.15 bits per heavy atom. The van der Waals surface area contributed by atoms with Crippen LogP contribution in [0.2, 0.25) is 5.02 Å². The highest BCUT2D eigenvalue weighted by atomic mass is 35.5. The lowest BCUT2D eigenvalue weighted by molar-refractivity contribution is 0.612. The van der Waals surface area contributed by atoms with E-state index in [-0.39, 0.29) is 6.01 Å². The molecular formula is C14H11ClN2O2S. The molecule has 0 aliphatic rings. The third kappa shape index (κ3) is 2.55. The second kappa shape index (κ2) is 4.92. The van der Waals surface area contributed by atoms with Crippen LogP contribution in [0.25, 0.3) is 11.1 Å². The van der Waals surface area contributed by atoms with E-state index in [1.54, 1.807) is 36.6 Å². The second-order valence-corrected chi connectivity index (χ2v) is 7.01. The number of nitrogens with zero attached hydrogens (tertiary/aromatic N) is 2. The Morgan fingerprint density at radius 2 is 1.85 bits per heavy atom. The number of benzene rings is 2. The summed E-state index contributed by atoms with van der Waals surface area (Å²) in [6.07, 6.45) is 1.55. The van der Waals surface area contributed by atoms with E-state index in [4.69, 9.17) is 16.0 Å². The van der Waals surface area contributed by atoms with Crippen LogP contribution in [-0.2, 0) is 9.73 Å². The molecule has 0 radical (unpaired) electrons. The van der Waals surface area contributed by atoms with E-state index in [1.807, 2.05) is 18.2 Å². The molecule has 1 unspecified atom stereocenters. The minimum Gasteiger partial charge on any atom is -0.422 e. The van der Waals surface area contributed by atoms with Crippen molar-refractivity contribution in [3.8, 4) is 0 Å². The summed E-state index contributed by atoms with van der Waals surface area (Å²) >= 11 is 5.82. The summed E-state index contributed by atoms with van der Waals surface area (Å²) in [6, 6.07) is 14.2. The van der Waals surface area contributed by atoms with Crippen LogP contribution in [0.3, 0.4) is 0 Å². The van der Waals surface area contributed by atoms with Crippen molar-refractivity contribution in [2.45, 2.75) is 4.90 Å². The van der Waals surface area contributed by atoms with Crippen LogP contribution in [0, 0.1) is 0 Å². The average Bonchev–Trinajstić information content (AvgIpc) is 2.80. The smallest absolute Gasteiger partial charge is 0.331 e. The summed E-state index contributed by atoms with van der Waals surface area (Å²) in [5, 5.41) is 0.589. The molecule has 0 bridgehead atoms. The Hall–Kier alpha value is -1.85. The number of hydrogen-bond donors (Lipinski definition) is 0. The molecule has 1 aromatic heterocycles. The van der Waals surface area contributed by atoms with Gasteiger partial charge < -0.3 is 4.42 Å². The summed E-state index contributed by atoms with van der Waals surface area (Å²) in [5.74, 6) is 0. The third-order valence-electron chi connectivity index (χ3n) is 2.79. The molecule has 6 heteroatoms. The topological polar surface area (TPSA) is 55.5 Å². The lowest BCUT2D eigenvalue weighted by Crippen LogP contribution is -1.96. The fraction of sp³-hybridized carbons (Fsp3) is 0.0714. The number of aromatic nitrogens is 1. The van der Waals surface area contributed by atoms with Crippen molar-refractivity contribution < 1.29 is 8.63 Å². The minimum absolute atomic E-state index is 0.119. The highest BCUT2D eigenvalue weighted by Gasteiger charge is 2.10. The normalized spacial score (nSPS) is 14.1. The molecule has 0 fully saturated rings. The summed E-state index contributed by atoms with van der Waals surface area (Å²) in [7, 11) is -2.62. The summed E-state index contributed by atoms with van der Waals surface area (Å²) in [4.78, 5) is 4.79. The van der Waals surface area contributed by atoms with Gasteiger partial charge in [0.25, 0.3) is 0 Å². The standard InChI is InChI=1S/C14H11ClN2O2S/c1-20(18,11-8-6-10(15)7-9-11)17-14-16-12-4-2-3-5-13(12)19-14/h2-9H,1H3. The van der Waals surface area contributed by atoms with E-state index in [2.05, 4.69) is 9.35 Å². The van der Waals surface area contributed by atoms with Gasteiger partial charge in [-0.15, -0.1) is 4.36 Å². The molecule has 0 aliphatic carbocycles. The molecule has 3 rings (SSSR count). The second-order valence-electron chi connectivity index (χ2n) is 4.31. The van der Waals surface area contributed by atoms with E-state index in [0.717, 1.165) is 0 Å². The predicted octanol–water partition coefficient (Wildman–Crippen LogP) is 4.27. The van der Waals surface area contributed by atoms with Crippen LogP contribution in [0.4, 0.5) is 6.01 Å². The lowest BCUT2D eigenvalue weighted by Gasteiger charge is -2.02. The van der Waals surface area contributed by atoms with Crippen LogP contribution in [0.5, 0.6) is 0 Å². The van der Waals surface area contributed by atoms with E-state index >= 15 is 0 Å². The van der Waals surface area contributed by atoms with Crippen molar-refractivity contribution >= 4 is 38.4 Å². The Labute approximate surface area is 121 Å². The number of hydrogen-bond acceptors (Lipinski definition) is 4. The van der Waals surface area contributed by atoms with Crippen molar-refractivity contribution in [2.24, 2.45) is 4.36 Å². The fourth-order valence-electron chi connectivity index (χ4n) is 1.79. The predicted molar refractivity (Wildman–Crippen MR) is 79.9 cm³/mol. The molecule has 4 nitrogen and oxygen atoms in total. The zero-order valence-corrected chi connectivity index (χ0v) is 12.2. The Bertz CT molecular complexity index is 845. The van der Waals surface area contributed by atoms with Gasteiger partial charge in [-0.25, -0.2) is 4.21 Å². The van der Waals surface area contributed by atoms with Gasteiger partial charge in [-0.05, 0) is 36.4 Å². The molecule has 2 aromatic carbocycles. The first kappa shape index (κ1) is 13.1. The quantitative estimate of drug-likeness (QED) is 0.710. The van der Waals surface area contributed by atoms with E-state index in [0.29, 0.717) is 21.0 Å². The van der Waals surface area contributed by atoms with E-state index in [1.165, 1.54) is 0 Å². The van der Waals surface area contributed by atoms with Crippen LogP contribution in [0.15, 0.2) is 62.2 Å². The number of para-hydroxylation sites is 2. The van der Waals surface area contributed by atoms with Gasteiger partial charge in [0.1, 0.15) is 5.52 Å². The first-order valence-corrected chi connectivity index (χ1v) is 8.18. The van der Waals surface area contributed by atoms with Gasteiger partial charge in [0, 0.05) is 16.2 Å². The average molecular weight is 307 g/mol. The zero-order chi connectivity index (χ0) is 14.2. The van der Waals surface area contributed by atoms with E-state index < -0.39 is 9.73 Å². The highest BCUT2D eigenvalue weighted by molar-refractivity contribution is 7.93. The summed E-state index contributed by atoms with van der Waals surface area (Å²) in [5.41, 5.74) is 1.31. The summed E-state index contributed by atoms with van der Waals surface area (Å²) in [6.45, 7) is 0. The number of halogens is 1. The first-order chi connectivity index (χ1) is 9.54. The first-order valence-electron chi connectivity index (χ1n) is 5.88. The van der Waals surface area contributed by atoms with Crippen LogP contribution in [0.1, 0.15) is 0 Å². The van der Waals surface area contributed by atoms with Crippen molar-refractivity contribution in [3.63, 3.8) is 0 Å². The largest absolute Gasteiger partial charge is 0.422 e. The Kier molecular flexibility index (Phi) is 3.23. The van der Waals surface area contributed by atoms with E-state index in [9.17, 15) is 4.21 Å². The van der Waals surface area contributed by atoms with Crippen molar-refractivity contribution in [1.82, 2.24) is 4.98 Å². The van der Waals surface area contributed by atoms with Gasteiger partial charge in [-0.2, -0.15) is 4.98 Å². The highest BCUT2D eigenvalue weighted by Crippen LogP contribution is 2.24. The molecule has 0 amide bonds. The molecule has 0 saturated carbocycles. The molecule has 0 saturated heterocycles. The van der Waals surface area contributed by atoms with Crippen LogP contribution in [-0.4, -0.2) is 15.4 Å². The molecule has 1 atom stereocenters. The maximum Gasteiger partial charge on any atom is 0.331 e. The monoisotopic (exact) mass is 306 g/mol. The number of oxazole rings is 1. The van der Waals surface area contributed by atoms with Crippen LogP contribution < -0.4 is 0 Å². The van der Waals surface area contributed by atoms with Gasteiger partial charge in [-0.1, -0.05) is 23.7 Å². The Balaban J connectivity index is 2.09. The van der Waals surface area contributed by atoms with Crippen LogP contribution >= 0.6 is 11.6 Å². The zero-order valence-electron chi connectivity index (χ0n) is 10.6. The lowest BCUT2D eigenvalue weighted by atomic mass is 10.3. The third-order valence-corrected chi connectivity index (χ3v) is 4.69. The van der Waals surface area contributed by atoms with Gasteiger partial charge in [0.05, 0.1) is 9.73 Å². The van der Waals surface area contributed by atoms with Gasteiger partial charge in [0.15, 0.2) is 5.58 Å². The number of fused-ring (bicyclic) bond motifs is 1. The molecule has 0 N–H and O–H groups in total. The number of rotatable bonds is 2. The maximum absolute atomic E-state index is 12.6. The van der Waals surface area contributed by atoms with Crippen molar-refractivity contribution in [3.05, 3.63) is 53.6 Å². The molecule has 0 aliphatic heterocycles. The molecule has 0 spiro atoms. The van der Waals surface area contributed by atoms with Gasteiger partial charge in [-0.3, -0.25) is 0 Å². The minimum atomic E-state index is -2.62. The maximum atomic E-state index is 12.6. The SMILES string of the molecule is CS(=O)(=Nc1nc2ccccc2o1)c1ccc(Cl)cc1. The van der Waals surface area contributed by atoms with Gasteiger partial charge in [0.2, 0.25) is 0 Å². The molecule has 3 aromatic rings. The van der Waals surface area contributed by atoms with Crippen molar-refractivity contribution in [2.75, 3.05) is 6.26 Å². The molecule has 20 heavy (non-hydrogen) atoms. The van der Waals surface area contributed by atoms with Crippen molar-refractivity contribution in [1.29, 1.82) is 0 Å². The molecule has 102 valence electrons. The fourth-order valence-corrected chi connectivity index (χ4v) is 3.04. The Morgan fingerprint density at radius 3 is 2.55 bits per heavy atom. The van der Waals surface area contributed by atoms with Gasteiger partial charge >= 0.3 is 6.01 Å².